The van der Waals surface area contributed by atoms with E-state index in [0.29, 0.717) is 5.82 Å². The Morgan fingerprint density at radius 2 is 2.29 bits per heavy atom. The Hall–Kier alpha value is -1.20. The standard InChI is InChI=1S/C12H21N5/c1-12(2)8-17(6-4-9(12)13)7-11-15-5-3-10(14)16-11/h3,5,9H,4,6-8,13H2,1-2H3,(H2,14,15,16). The van der Waals surface area contributed by atoms with Crippen LogP contribution in [0.25, 0.3) is 0 Å². The molecular formula is C12H21N5. The summed E-state index contributed by atoms with van der Waals surface area (Å²) in [7, 11) is 0. The fourth-order valence-corrected chi connectivity index (χ4v) is 2.31. The molecule has 5 heteroatoms. The van der Waals surface area contributed by atoms with Gasteiger partial charge in [-0.15, -0.1) is 0 Å². The SMILES string of the molecule is CC1(C)CN(Cc2nccc(N)n2)CCC1N. The molecule has 1 aliphatic rings. The van der Waals surface area contributed by atoms with E-state index in [4.69, 9.17) is 11.5 Å². The number of nitrogens with two attached hydrogens (primary N) is 2. The summed E-state index contributed by atoms with van der Waals surface area (Å²) >= 11 is 0. The summed E-state index contributed by atoms with van der Waals surface area (Å²) < 4.78 is 0. The Labute approximate surface area is 102 Å². The van der Waals surface area contributed by atoms with Crippen LogP contribution in [-0.2, 0) is 6.54 Å². The third-order valence-electron chi connectivity index (χ3n) is 3.48. The number of likely N-dealkylation sites (tertiary alicyclic amines) is 1. The third kappa shape index (κ3) is 2.92. The van der Waals surface area contributed by atoms with Crippen LogP contribution in [0.15, 0.2) is 12.3 Å². The highest BCUT2D eigenvalue weighted by Gasteiger charge is 2.33. The zero-order valence-corrected chi connectivity index (χ0v) is 10.6. The summed E-state index contributed by atoms with van der Waals surface area (Å²) in [6.07, 6.45) is 2.73. The molecule has 0 radical (unpaired) electrons. The summed E-state index contributed by atoms with van der Waals surface area (Å²) in [5, 5.41) is 0. The van der Waals surface area contributed by atoms with Gasteiger partial charge in [-0.1, -0.05) is 13.8 Å². The van der Waals surface area contributed by atoms with E-state index in [1.54, 1.807) is 12.3 Å². The minimum absolute atomic E-state index is 0.151. The highest BCUT2D eigenvalue weighted by atomic mass is 15.2. The molecule has 2 rings (SSSR count). The van der Waals surface area contributed by atoms with E-state index in [-0.39, 0.29) is 11.5 Å². The van der Waals surface area contributed by atoms with E-state index >= 15 is 0 Å². The highest BCUT2D eigenvalue weighted by Crippen LogP contribution is 2.28. The van der Waals surface area contributed by atoms with Crippen LogP contribution in [0.2, 0.25) is 0 Å². The largest absolute Gasteiger partial charge is 0.384 e. The first-order valence-electron chi connectivity index (χ1n) is 6.03. The zero-order valence-electron chi connectivity index (χ0n) is 10.6. The van der Waals surface area contributed by atoms with E-state index in [1.165, 1.54) is 0 Å². The minimum Gasteiger partial charge on any atom is -0.384 e. The molecule has 1 aromatic heterocycles. The molecule has 4 N–H and O–H groups in total. The van der Waals surface area contributed by atoms with Crippen molar-refractivity contribution in [3.8, 4) is 0 Å². The molecule has 1 aromatic rings. The number of hydrogen-bond donors (Lipinski definition) is 2. The van der Waals surface area contributed by atoms with Gasteiger partial charge >= 0.3 is 0 Å². The maximum Gasteiger partial charge on any atom is 0.144 e. The van der Waals surface area contributed by atoms with E-state index in [9.17, 15) is 0 Å². The lowest BCUT2D eigenvalue weighted by Crippen LogP contribution is -2.52. The van der Waals surface area contributed by atoms with Crippen molar-refractivity contribution in [3.63, 3.8) is 0 Å². The van der Waals surface area contributed by atoms with Gasteiger partial charge in [0.1, 0.15) is 11.6 Å². The van der Waals surface area contributed by atoms with Crippen molar-refractivity contribution in [1.29, 1.82) is 0 Å². The van der Waals surface area contributed by atoms with E-state index in [0.717, 1.165) is 31.9 Å². The van der Waals surface area contributed by atoms with Crippen LogP contribution in [0.5, 0.6) is 0 Å². The van der Waals surface area contributed by atoms with E-state index in [1.807, 2.05) is 0 Å². The van der Waals surface area contributed by atoms with Crippen molar-refractivity contribution in [1.82, 2.24) is 14.9 Å². The molecule has 0 spiro atoms. The third-order valence-corrected chi connectivity index (χ3v) is 3.48. The summed E-state index contributed by atoms with van der Waals surface area (Å²) in [5.41, 5.74) is 11.9. The molecule has 2 heterocycles. The molecule has 0 amide bonds. The molecule has 1 fully saturated rings. The summed E-state index contributed by atoms with van der Waals surface area (Å²) in [6, 6.07) is 1.99. The number of nitrogens with zero attached hydrogens (tertiary/aromatic N) is 3. The van der Waals surface area contributed by atoms with Crippen LogP contribution in [0.3, 0.4) is 0 Å². The molecular weight excluding hydrogens is 214 g/mol. The lowest BCUT2D eigenvalue weighted by Gasteiger charge is -2.42. The zero-order chi connectivity index (χ0) is 12.5. The molecule has 0 bridgehead atoms. The van der Waals surface area contributed by atoms with Crippen molar-refractivity contribution in [2.45, 2.75) is 32.9 Å². The van der Waals surface area contributed by atoms with Gasteiger partial charge in [-0.3, -0.25) is 4.90 Å². The van der Waals surface area contributed by atoms with Gasteiger partial charge in [-0.25, -0.2) is 9.97 Å². The van der Waals surface area contributed by atoms with Crippen molar-refractivity contribution < 1.29 is 0 Å². The van der Waals surface area contributed by atoms with E-state index < -0.39 is 0 Å². The lowest BCUT2D eigenvalue weighted by molar-refractivity contribution is 0.0879. The Bertz CT molecular complexity index is 390. The number of piperidine rings is 1. The number of aromatic nitrogens is 2. The first-order chi connectivity index (χ1) is 7.97. The van der Waals surface area contributed by atoms with E-state index in [2.05, 4.69) is 28.7 Å². The van der Waals surface area contributed by atoms with Crippen molar-refractivity contribution in [2.24, 2.45) is 11.1 Å². The Morgan fingerprint density at radius 1 is 1.53 bits per heavy atom. The van der Waals surface area contributed by atoms with Crippen molar-refractivity contribution in [3.05, 3.63) is 18.1 Å². The Kier molecular flexibility index (Phi) is 3.31. The van der Waals surface area contributed by atoms with Crippen LogP contribution >= 0.6 is 0 Å². The summed E-state index contributed by atoms with van der Waals surface area (Å²) in [4.78, 5) is 10.8. The Balaban J connectivity index is 2.01. The van der Waals surface area contributed by atoms with Crippen LogP contribution in [0.4, 0.5) is 5.82 Å². The summed E-state index contributed by atoms with van der Waals surface area (Å²) in [6.45, 7) is 7.16. The van der Waals surface area contributed by atoms with Gasteiger partial charge in [-0.05, 0) is 17.9 Å². The van der Waals surface area contributed by atoms with Crippen LogP contribution in [-0.4, -0.2) is 34.0 Å². The quantitative estimate of drug-likeness (QED) is 0.785. The van der Waals surface area contributed by atoms with Gasteiger partial charge < -0.3 is 11.5 Å². The molecule has 0 aliphatic carbocycles. The Morgan fingerprint density at radius 3 is 2.94 bits per heavy atom. The maximum absolute atomic E-state index is 6.11. The fraction of sp³-hybridized carbons (Fsp3) is 0.667. The second kappa shape index (κ2) is 4.58. The first kappa shape index (κ1) is 12.3. The second-order valence-electron chi connectivity index (χ2n) is 5.49. The van der Waals surface area contributed by atoms with Gasteiger partial charge in [0.25, 0.3) is 0 Å². The average molecular weight is 235 g/mol. The van der Waals surface area contributed by atoms with Crippen LogP contribution in [0, 0.1) is 5.41 Å². The number of rotatable bonds is 2. The fourth-order valence-electron chi connectivity index (χ4n) is 2.31. The lowest BCUT2D eigenvalue weighted by atomic mass is 9.80. The van der Waals surface area contributed by atoms with Gasteiger partial charge in [-0.2, -0.15) is 0 Å². The number of nitrogen functional groups attached to an aromatic ring is 1. The predicted molar refractivity (Wildman–Crippen MR) is 68.1 cm³/mol. The van der Waals surface area contributed by atoms with Crippen LogP contribution in [0.1, 0.15) is 26.1 Å². The first-order valence-corrected chi connectivity index (χ1v) is 6.03. The molecule has 1 atom stereocenters. The molecule has 0 aromatic carbocycles. The van der Waals surface area contributed by atoms with Gasteiger partial charge in [0.2, 0.25) is 0 Å². The highest BCUT2D eigenvalue weighted by molar-refractivity contribution is 5.24. The van der Waals surface area contributed by atoms with Gasteiger partial charge in [0.05, 0.1) is 6.54 Å². The molecule has 1 saturated heterocycles. The minimum atomic E-state index is 0.151. The molecule has 1 unspecified atom stereocenters. The topological polar surface area (TPSA) is 81.1 Å². The second-order valence-corrected chi connectivity index (χ2v) is 5.49. The molecule has 94 valence electrons. The smallest absolute Gasteiger partial charge is 0.144 e. The summed E-state index contributed by atoms with van der Waals surface area (Å²) in [5.74, 6) is 1.32. The van der Waals surface area contributed by atoms with Gasteiger partial charge in [0, 0.05) is 25.3 Å². The molecule has 1 aliphatic heterocycles. The number of hydrogen-bond acceptors (Lipinski definition) is 5. The van der Waals surface area contributed by atoms with Crippen molar-refractivity contribution in [2.75, 3.05) is 18.8 Å². The monoisotopic (exact) mass is 235 g/mol. The average Bonchev–Trinajstić information content (AvgIpc) is 2.23. The molecule has 17 heavy (non-hydrogen) atoms. The number of anilines is 1. The maximum atomic E-state index is 6.11. The molecule has 5 nitrogen and oxygen atoms in total. The predicted octanol–water partition coefficient (Wildman–Crippen LogP) is 0.618. The van der Waals surface area contributed by atoms with Crippen molar-refractivity contribution >= 4 is 5.82 Å². The molecule has 0 saturated carbocycles. The van der Waals surface area contributed by atoms with Crippen LogP contribution < -0.4 is 11.5 Å². The normalized spacial score (nSPS) is 24.8. The van der Waals surface area contributed by atoms with Gasteiger partial charge in [0.15, 0.2) is 0 Å².